The van der Waals surface area contributed by atoms with Gasteiger partial charge in [-0.3, -0.25) is 0 Å². The predicted octanol–water partition coefficient (Wildman–Crippen LogP) is 3.78. The molecule has 0 spiro atoms. The van der Waals surface area contributed by atoms with Crippen LogP contribution in [0.2, 0.25) is 0 Å². The Kier molecular flexibility index (Phi) is 3.18. The quantitative estimate of drug-likeness (QED) is 0.669. The van der Waals surface area contributed by atoms with Gasteiger partial charge in [-0.15, -0.1) is 0 Å². The molecule has 1 saturated carbocycles. The lowest BCUT2D eigenvalue weighted by atomic mass is 9.58. The zero-order chi connectivity index (χ0) is 11.9. The van der Waals surface area contributed by atoms with E-state index in [2.05, 4.69) is 33.8 Å². The van der Waals surface area contributed by atoms with Crippen molar-refractivity contribution in [3.63, 3.8) is 0 Å². The van der Waals surface area contributed by atoms with E-state index in [0.29, 0.717) is 11.8 Å². The molecule has 0 aliphatic heterocycles. The molecular formula is C15H26O. The number of aliphatic hydroxyl groups is 1. The number of fused-ring (bicyclic) bond motifs is 1. The molecule has 0 bridgehead atoms. The third-order valence-corrected chi connectivity index (χ3v) is 4.92. The van der Waals surface area contributed by atoms with Crippen molar-refractivity contribution in [2.75, 3.05) is 0 Å². The second-order valence-corrected chi connectivity index (χ2v) is 6.54. The second kappa shape index (κ2) is 4.18. The van der Waals surface area contributed by atoms with Crippen molar-refractivity contribution in [2.24, 2.45) is 23.7 Å². The van der Waals surface area contributed by atoms with Gasteiger partial charge in [0, 0.05) is 0 Å². The van der Waals surface area contributed by atoms with E-state index in [4.69, 9.17) is 0 Å². The molecule has 4 atom stereocenters. The van der Waals surface area contributed by atoms with Gasteiger partial charge in [0.15, 0.2) is 0 Å². The van der Waals surface area contributed by atoms with E-state index in [9.17, 15) is 5.11 Å². The van der Waals surface area contributed by atoms with Crippen molar-refractivity contribution in [1.82, 2.24) is 0 Å². The van der Waals surface area contributed by atoms with Crippen LogP contribution in [-0.4, -0.2) is 10.7 Å². The first-order valence-corrected chi connectivity index (χ1v) is 6.81. The summed E-state index contributed by atoms with van der Waals surface area (Å²) in [5, 5.41) is 10.5. The Hall–Kier alpha value is -0.300. The van der Waals surface area contributed by atoms with Gasteiger partial charge in [0.1, 0.15) is 0 Å². The predicted molar refractivity (Wildman–Crippen MR) is 68.2 cm³/mol. The average molecular weight is 222 g/mol. The molecule has 1 heteroatoms. The molecule has 92 valence electrons. The van der Waals surface area contributed by atoms with Crippen LogP contribution in [0.25, 0.3) is 0 Å². The van der Waals surface area contributed by atoms with Gasteiger partial charge < -0.3 is 5.11 Å². The van der Waals surface area contributed by atoms with Crippen LogP contribution in [0, 0.1) is 23.7 Å². The topological polar surface area (TPSA) is 20.2 Å². The normalized spacial score (nSPS) is 44.1. The molecule has 1 fully saturated rings. The maximum atomic E-state index is 10.5. The monoisotopic (exact) mass is 222 g/mol. The maximum Gasteiger partial charge on any atom is 0.0653 e. The van der Waals surface area contributed by atoms with E-state index in [1.165, 1.54) is 24.8 Å². The van der Waals surface area contributed by atoms with Crippen LogP contribution in [-0.2, 0) is 0 Å². The number of hydrogen-bond donors (Lipinski definition) is 1. The molecule has 1 nitrogen and oxygen atoms in total. The summed E-state index contributed by atoms with van der Waals surface area (Å²) < 4.78 is 0. The minimum absolute atomic E-state index is 0.423. The molecule has 2 aliphatic carbocycles. The third-order valence-electron chi connectivity index (χ3n) is 4.92. The summed E-state index contributed by atoms with van der Waals surface area (Å²) in [6.45, 7) is 8.96. The lowest BCUT2D eigenvalue weighted by molar-refractivity contribution is -0.0807. The van der Waals surface area contributed by atoms with Gasteiger partial charge in [-0.2, -0.15) is 0 Å². The lowest BCUT2D eigenvalue weighted by Crippen LogP contribution is -2.48. The first-order chi connectivity index (χ1) is 7.42. The zero-order valence-corrected chi connectivity index (χ0v) is 11.2. The van der Waals surface area contributed by atoms with Gasteiger partial charge in [0.05, 0.1) is 5.60 Å². The molecule has 0 aromatic carbocycles. The van der Waals surface area contributed by atoms with Crippen molar-refractivity contribution in [3.05, 3.63) is 11.6 Å². The lowest BCUT2D eigenvalue weighted by Gasteiger charge is -2.49. The Morgan fingerprint density at radius 3 is 2.69 bits per heavy atom. The van der Waals surface area contributed by atoms with Gasteiger partial charge >= 0.3 is 0 Å². The Balaban J connectivity index is 2.27. The summed E-state index contributed by atoms with van der Waals surface area (Å²) in [6.07, 6.45) is 7.01. The minimum atomic E-state index is -0.423. The largest absolute Gasteiger partial charge is 0.390 e. The van der Waals surface area contributed by atoms with Crippen molar-refractivity contribution in [1.29, 1.82) is 0 Å². The van der Waals surface area contributed by atoms with E-state index >= 15 is 0 Å². The molecule has 0 radical (unpaired) electrons. The molecule has 0 amide bonds. The van der Waals surface area contributed by atoms with Crippen molar-refractivity contribution in [2.45, 2.75) is 59.0 Å². The maximum absolute atomic E-state index is 10.5. The molecule has 0 aromatic heterocycles. The molecule has 0 heterocycles. The Morgan fingerprint density at radius 2 is 2.06 bits per heavy atom. The van der Waals surface area contributed by atoms with Crippen LogP contribution in [0.1, 0.15) is 53.4 Å². The van der Waals surface area contributed by atoms with Crippen molar-refractivity contribution >= 4 is 0 Å². The zero-order valence-electron chi connectivity index (χ0n) is 11.2. The smallest absolute Gasteiger partial charge is 0.0653 e. The highest BCUT2D eigenvalue weighted by molar-refractivity contribution is 5.13. The molecule has 1 N–H and O–H groups in total. The molecule has 16 heavy (non-hydrogen) atoms. The third kappa shape index (κ3) is 2.07. The van der Waals surface area contributed by atoms with E-state index in [1.807, 2.05) is 0 Å². The highest BCUT2D eigenvalue weighted by Gasteiger charge is 2.46. The molecule has 0 saturated heterocycles. The highest BCUT2D eigenvalue weighted by Crippen LogP contribution is 2.49. The Labute approximate surface area is 99.9 Å². The van der Waals surface area contributed by atoms with E-state index in [0.717, 1.165) is 18.3 Å². The number of hydrogen-bond acceptors (Lipinski definition) is 1. The molecule has 2 rings (SSSR count). The van der Waals surface area contributed by atoms with Gasteiger partial charge in [-0.25, -0.2) is 0 Å². The van der Waals surface area contributed by atoms with Gasteiger partial charge in [-0.1, -0.05) is 25.5 Å². The standard InChI is InChI=1S/C15H26O/c1-10(2)12-7-8-15(4,16)14-6-5-11(3)9-13(12)14/h9-10,12-14,16H,5-8H2,1-4H3/t12-,13-,14-,15+/m1/s1. The van der Waals surface area contributed by atoms with Gasteiger partial charge in [0.25, 0.3) is 0 Å². The molecular weight excluding hydrogens is 196 g/mol. The fraction of sp³-hybridized carbons (Fsp3) is 0.867. The SMILES string of the molecule is CC1=C[C@@H]2[C@@H](C(C)C)CC[C@](C)(O)[C@@H]2CC1. The van der Waals surface area contributed by atoms with E-state index in [1.54, 1.807) is 0 Å². The summed E-state index contributed by atoms with van der Waals surface area (Å²) in [6, 6.07) is 0. The minimum Gasteiger partial charge on any atom is -0.390 e. The average Bonchev–Trinajstić information content (AvgIpc) is 2.16. The van der Waals surface area contributed by atoms with Gasteiger partial charge in [0.2, 0.25) is 0 Å². The van der Waals surface area contributed by atoms with Crippen LogP contribution in [0.15, 0.2) is 11.6 Å². The van der Waals surface area contributed by atoms with Crippen molar-refractivity contribution < 1.29 is 5.11 Å². The molecule has 2 aliphatic rings. The number of rotatable bonds is 1. The van der Waals surface area contributed by atoms with Crippen LogP contribution < -0.4 is 0 Å². The Bertz CT molecular complexity index is 288. The van der Waals surface area contributed by atoms with Crippen LogP contribution >= 0.6 is 0 Å². The second-order valence-electron chi connectivity index (χ2n) is 6.54. The summed E-state index contributed by atoms with van der Waals surface area (Å²) in [4.78, 5) is 0. The highest BCUT2D eigenvalue weighted by atomic mass is 16.3. The summed E-state index contributed by atoms with van der Waals surface area (Å²) >= 11 is 0. The summed E-state index contributed by atoms with van der Waals surface area (Å²) in [5.74, 6) is 2.64. The van der Waals surface area contributed by atoms with Crippen LogP contribution in [0.4, 0.5) is 0 Å². The molecule has 0 aromatic rings. The van der Waals surface area contributed by atoms with Gasteiger partial charge in [-0.05, 0) is 63.2 Å². The summed E-state index contributed by atoms with van der Waals surface area (Å²) in [7, 11) is 0. The van der Waals surface area contributed by atoms with Crippen LogP contribution in [0.3, 0.4) is 0 Å². The fourth-order valence-corrected chi connectivity index (χ4v) is 3.87. The first-order valence-electron chi connectivity index (χ1n) is 6.81. The van der Waals surface area contributed by atoms with E-state index in [-0.39, 0.29) is 0 Å². The van der Waals surface area contributed by atoms with Crippen molar-refractivity contribution in [3.8, 4) is 0 Å². The summed E-state index contributed by atoms with van der Waals surface area (Å²) in [5.41, 5.74) is 1.11. The van der Waals surface area contributed by atoms with Crippen LogP contribution in [0.5, 0.6) is 0 Å². The Morgan fingerprint density at radius 1 is 1.38 bits per heavy atom. The van der Waals surface area contributed by atoms with E-state index < -0.39 is 5.60 Å². The number of allylic oxidation sites excluding steroid dienone is 2. The fourth-order valence-electron chi connectivity index (χ4n) is 3.87. The molecule has 0 unspecified atom stereocenters. The first kappa shape index (κ1) is 12.2.